The van der Waals surface area contributed by atoms with Gasteiger partial charge < -0.3 is 0 Å². The van der Waals surface area contributed by atoms with Crippen LogP contribution in [-0.4, -0.2) is 15.5 Å². The Bertz CT molecular complexity index is 717. The number of aryl methyl sites for hydroxylation is 1. The quantitative estimate of drug-likeness (QED) is 0.392. The number of hydrogen-bond donors (Lipinski definition) is 1. The molecule has 2 aromatic carbocycles. The maximum absolute atomic E-state index is 11.0. The monoisotopic (exact) mass is 435 g/mol. The first-order chi connectivity index (χ1) is 11.5. The molecule has 128 valence electrons. The Kier molecular flexibility index (Phi) is 7.03. The van der Waals surface area contributed by atoms with Crippen molar-refractivity contribution in [1.82, 2.24) is 0 Å². The third-order valence-corrected chi connectivity index (χ3v) is 6.78. The fourth-order valence-corrected chi connectivity index (χ4v) is 5.25. The van der Waals surface area contributed by atoms with Crippen molar-refractivity contribution in [1.29, 1.82) is 0 Å². The van der Waals surface area contributed by atoms with Gasteiger partial charge in [-0.1, -0.05) is 0 Å². The van der Waals surface area contributed by atoms with Gasteiger partial charge >= 0.3 is 155 Å². The number of rotatable bonds is 8. The van der Waals surface area contributed by atoms with Gasteiger partial charge in [0.2, 0.25) is 0 Å². The predicted octanol–water partition coefficient (Wildman–Crippen LogP) is 2.14. The van der Waals surface area contributed by atoms with Crippen LogP contribution in [0.2, 0.25) is 0 Å². The van der Waals surface area contributed by atoms with Crippen LogP contribution in [0.3, 0.4) is 0 Å². The van der Waals surface area contributed by atoms with E-state index in [1.54, 1.807) is 12.1 Å². The molecule has 0 amide bonds. The second kappa shape index (κ2) is 9.02. The van der Waals surface area contributed by atoms with E-state index < -0.39 is 5.97 Å². The molecule has 0 aliphatic carbocycles. The summed E-state index contributed by atoms with van der Waals surface area (Å²) in [5, 5.41) is 9.01. The number of carboxylic acids is 1. The van der Waals surface area contributed by atoms with Crippen molar-refractivity contribution in [2.75, 3.05) is 4.43 Å². The average molecular weight is 435 g/mol. The molecule has 0 aliphatic heterocycles. The molecule has 24 heavy (non-hydrogen) atoms. The van der Waals surface area contributed by atoms with E-state index in [9.17, 15) is 4.79 Å². The summed E-state index contributed by atoms with van der Waals surface area (Å²) in [6.45, 7) is 8.59. The van der Waals surface area contributed by atoms with Crippen molar-refractivity contribution in [3.8, 4) is 0 Å². The molecule has 0 aliphatic rings. The van der Waals surface area contributed by atoms with Crippen molar-refractivity contribution < 1.29 is 31.1 Å². The molecule has 0 bridgehead atoms. The molecule has 2 nitrogen and oxygen atoms in total. The third-order valence-electron chi connectivity index (χ3n) is 3.84. The van der Waals surface area contributed by atoms with E-state index in [0.29, 0.717) is 5.56 Å². The summed E-state index contributed by atoms with van der Waals surface area (Å²) in [5.41, 5.74) is 6.01. The van der Waals surface area contributed by atoms with Crippen molar-refractivity contribution >= 4 is 11.5 Å². The van der Waals surface area contributed by atoms with Crippen LogP contribution in [0.25, 0.3) is 5.57 Å². The summed E-state index contributed by atoms with van der Waals surface area (Å²) in [7, 11) is 0. The fourth-order valence-electron chi connectivity index (χ4n) is 2.50. The van der Waals surface area contributed by atoms with Gasteiger partial charge in [0.1, 0.15) is 0 Å². The first kappa shape index (κ1) is 18.7. The van der Waals surface area contributed by atoms with Gasteiger partial charge in [-0.05, 0) is 0 Å². The molecule has 0 radical (unpaired) electrons. The van der Waals surface area contributed by atoms with Crippen molar-refractivity contribution in [2.45, 2.75) is 31.1 Å². The maximum atomic E-state index is 11.0. The predicted molar refractivity (Wildman–Crippen MR) is 96.2 cm³/mol. The van der Waals surface area contributed by atoms with E-state index in [1.807, 2.05) is 12.1 Å². The minimum atomic E-state index is -0.902. The van der Waals surface area contributed by atoms with Crippen LogP contribution in [0.1, 0.15) is 52.4 Å². The first-order valence-electron chi connectivity index (χ1n) is 8.18. The van der Waals surface area contributed by atoms with E-state index in [2.05, 4.69) is 38.6 Å². The van der Waals surface area contributed by atoms with Gasteiger partial charge in [-0.25, -0.2) is 0 Å². The minimum absolute atomic E-state index is 0.232. The van der Waals surface area contributed by atoms with Gasteiger partial charge in [-0.15, -0.1) is 0 Å². The number of unbranched alkanes of at least 4 members (excludes halogenated alkanes) is 1. The molecule has 1 N–H and O–H groups in total. The number of benzene rings is 2. The van der Waals surface area contributed by atoms with Gasteiger partial charge in [0.15, 0.2) is 0 Å². The Hall–Kier alpha value is -1.62. The number of halogens is 1. The molecule has 0 saturated carbocycles. The van der Waals surface area contributed by atoms with E-state index >= 15 is 0 Å². The molecule has 3 heteroatoms. The van der Waals surface area contributed by atoms with Crippen LogP contribution >= 0.6 is 0 Å². The molecule has 0 aromatic heterocycles. The SMILES string of the molecule is C=C(c1ccc(C(=O)O)cc1)c1cc(C)cc(C[I-]CCCC)c1. The molecule has 0 fully saturated rings. The Balaban J connectivity index is 2.16. The van der Waals surface area contributed by atoms with Gasteiger partial charge in [-0.2, -0.15) is 0 Å². The van der Waals surface area contributed by atoms with Gasteiger partial charge in [-0.3, -0.25) is 0 Å². The van der Waals surface area contributed by atoms with Crippen LogP contribution in [0.5, 0.6) is 0 Å². The molecule has 0 spiro atoms. The van der Waals surface area contributed by atoms with Crippen LogP contribution in [0, 0.1) is 6.92 Å². The summed E-state index contributed by atoms with van der Waals surface area (Å²) >= 11 is 0.232. The molecular formula is C21H24IO2-. The second-order valence-electron chi connectivity index (χ2n) is 5.93. The number of alkyl halides is 2. The van der Waals surface area contributed by atoms with E-state index in [-0.39, 0.29) is 21.2 Å². The fraction of sp³-hybridized carbons (Fsp3) is 0.286. The normalized spacial score (nSPS) is 10.8. The van der Waals surface area contributed by atoms with E-state index in [4.69, 9.17) is 5.11 Å². The number of aromatic carboxylic acids is 1. The number of carboxylic acid groups (broad SMARTS) is 1. The standard InChI is InChI=1S/C21H24IO2/c1-4-5-10-22-14-17-11-15(2)12-20(13-17)16(3)18-6-8-19(9-7-18)21(23)24/h6-9,11-13H,3-5,10,14H2,1-2H3,(H,23,24)/q-1. The average Bonchev–Trinajstić information content (AvgIpc) is 2.57. The number of carbonyl (C=O) groups is 1. The van der Waals surface area contributed by atoms with Crippen LogP contribution in [-0.2, 0) is 4.43 Å². The summed E-state index contributed by atoms with van der Waals surface area (Å²) in [6.07, 6.45) is 2.62. The van der Waals surface area contributed by atoms with Crippen molar-refractivity contribution in [3.63, 3.8) is 0 Å². The molecule has 0 saturated heterocycles. The Morgan fingerprint density at radius 1 is 1.08 bits per heavy atom. The second-order valence-corrected chi connectivity index (χ2v) is 8.85. The number of hydrogen-bond acceptors (Lipinski definition) is 1. The molecule has 0 heterocycles. The van der Waals surface area contributed by atoms with Gasteiger partial charge in [0.05, 0.1) is 0 Å². The summed E-state index contributed by atoms with van der Waals surface area (Å²) < 4.78 is 2.59. The summed E-state index contributed by atoms with van der Waals surface area (Å²) in [6, 6.07) is 13.6. The zero-order valence-corrected chi connectivity index (χ0v) is 16.5. The molecule has 0 unspecified atom stereocenters. The zero-order chi connectivity index (χ0) is 17.5. The summed E-state index contributed by atoms with van der Waals surface area (Å²) in [4.78, 5) is 11.0. The molecular weight excluding hydrogens is 411 g/mol. The topological polar surface area (TPSA) is 37.3 Å². The van der Waals surface area contributed by atoms with Crippen LogP contribution in [0.15, 0.2) is 49.0 Å². The molecule has 2 rings (SSSR count). The first-order valence-corrected chi connectivity index (χ1v) is 11.2. The van der Waals surface area contributed by atoms with Crippen molar-refractivity contribution in [3.05, 3.63) is 76.9 Å². The van der Waals surface area contributed by atoms with E-state index in [0.717, 1.165) is 16.7 Å². The third kappa shape index (κ3) is 5.20. The zero-order valence-electron chi connectivity index (χ0n) is 14.3. The Morgan fingerprint density at radius 3 is 2.38 bits per heavy atom. The molecule has 2 aromatic rings. The van der Waals surface area contributed by atoms with Crippen LogP contribution < -0.4 is 21.2 Å². The molecule has 0 atom stereocenters. The summed E-state index contributed by atoms with van der Waals surface area (Å²) in [5.74, 6) is -0.902. The van der Waals surface area contributed by atoms with E-state index in [1.165, 1.54) is 32.8 Å². The van der Waals surface area contributed by atoms with Gasteiger partial charge in [0, 0.05) is 0 Å². The Labute approximate surface area is 154 Å². The van der Waals surface area contributed by atoms with Crippen molar-refractivity contribution in [2.24, 2.45) is 0 Å². The van der Waals surface area contributed by atoms with Crippen LogP contribution in [0.4, 0.5) is 0 Å². The van der Waals surface area contributed by atoms with Gasteiger partial charge in [0.25, 0.3) is 0 Å². The Morgan fingerprint density at radius 2 is 1.75 bits per heavy atom.